The van der Waals surface area contributed by atoms with Crippen molar-refractivity contribution in [3.63, 3.8) is 0 Å². The van der Waals surface area contributed by atoms with Crippen molar-refractivity contribution in [2.75, 3.05) is 7.11 Å². The molecule has 0 N–H and O–H groups in total. The van der Waals surface area contributed by atoms with E-state index in [1.165, 1.54) is 25.8 Å². The van der Waals surface area contributed by atoms with Gasteiger partial charge in [-0.1, -0.05) is 36.4 Å². The van der Waals surface area contributed by atoms with Gasteiger partial charge in [-0.05, 0) is 72.7 Å². The Balaban J connectivity index is 1.63. The molecule has 25 heavy (non-hydrogen) atoms. The molecule has 0 heterocycles. The van der Waals surface area contributed by atoms with E-state index in [0.717, 1.165) is 31.4 Å². The summed E-state index contributed by atoms with van der Waals surface area (Å²) in [6.45, 7) is 0. The zero-order valence-electron chi connectivity index (χ0n) is 14.5. The minimum Gasteiger partial charge on any atom is -0.497 e. The third-order valence-electron chi connectivity index (χ3n) is 4.79. The van der Waals surface area contributed by atoms with E-state index in [1.54, 1.807) is 10.7 Å². The van der Waals surface area contributed by atoms with E-state index in [0.29, 0.717) is 0 Å². The van der Waals surface area contributed by atoms with Crippen molar-refractivity contribution in [2.24, 2.45) is 0 Å². The third-order valence-corrected chi connectivity index (χ3v) is 7.71. The quantitative estimate of drug-likeness (QED) is 0.563. The minimum atomic E-state index is -0.159. The van der Waals surface area contributed by atoms with E-state index in [9.17, 15) is 0 Å². The molecular formula is C23H22IO+. The van der Waals surface area contributed by atoms with Crippen molar-refractivity contribution in [2.45, 2.75) is 25.7 Å². The molecule has 0 saturated heterocycles. The lowest BCUT2D eigenvalue weighted by atomic mass is 9.97. The van der Waals surface area contributed by atoms with Crippen molar-refractivity contribution < 1.29 is 25.9 Å². The van der Waals surface area contributed by atoms with E-state index in [4.69, 9.17) is 4.74 Å². The summed E-state index contributed by atoms with van der Waals surface area (Å²) >= 11 is -0.159. The Morgan fingerprint density at radius 1 is 0.680 bits per heavy atom. The van der Waals surface area contributed by atoms with Gasteiger partial charge in [-0.25, -0.2) is 0 Å². The second-order valence-electron chi connectivity index (χ2n) is 6.49. The average Bonchev–Trinajstić information content (AvgIpc) is 2.65. The number of methoxy groups -OCH3 is 1. The molecule has 4 bridgehead atoms. The lowest BCUT2D eigenvalue weighted by molar-refractivity contribution is -0.598. The highest BCUT2D eigenvalue weighted by Gasteiger charge is 2.21. The number of rotatable bonds is 3. The van der Waals surface area contributed by atoms with Gasteiger partial charge in [0.15, 0.2) is 7.14 Å². The first-order valence-corrected chi connectivity index (χ1v) is 10.9. The summed E-state index contributed by atoms with van der Waals surface area (Å²) in [7, 11) is 1.72. The molecule has 2 heteroatoms. The maximum Gasteiger partial charge on any atom is 0.358 e. The summed E-state index contributed by atoms with van der Waals surface area (Å²) in [5.41, 5.74) is 5.88. The van der Waals surface area contributed by atoms with Crippen LogP contribution in [-0.4, -0.2) is 7.11 Å². The van der Waals surface area contributed by atoms with Crippen LogP contribution in [0, 0.1) is 7.14 Å². The van der Waals surface area contributed by atoms with E-state index in [-0.39, 0.29) is 21.2 Å². The predicted octanol–water partition coefficient (Wildman–Crippen LogP) is 1.71. The second kappa shape index (κ2) is 7.61. The van der Waals surface area contributed by atoms with Gasteiger partial charge in [0.25, 0.3) is 0 Å². The topological polar surface area (TPSA) is 9.23 Å². The fourth-order valence-corrected chi connectivity index (χ4v) is 5.97. The van der Waals surface area contributed by atoms with Crippen LogP contribution in [0.25, 0.3) is 0 Å². The van der Waals surface area contributed by atoms with Gasteiger partial charge in [0, 0.05) is 5.56 Å². The van der Waals surface area contributed by atoms with Crippen LogP contribution >= 0.6 is 0 Å². The van der Waals surface area contributed by atoms with E-state index < -0.39 is 0 Å². The first kappa shape index (κ1) is 16.6. The zero-order valence-corrected chi connectivity index (χ0v) is 16.6. The molecule has 4 aliphatic rings. The summed E-state index contributed by atoms with van der Waals surface area (Å²) in [5.74, 6) is 0.937. The fraction of sp³-hybridized carbons (Fsp3) is 0.217. The lowest BCUT2D eigenvalue weighted by Gasteiger charge is -2.09. The Morgan fingerprint density at radius 3 is 1.96 bits per heavy atom. The third kappa shape index (κ3) is 4.06. The molecule has 0 fully saturated rings. The highest BCUT2D eigenvalue weighted by Crippen LogP contribution is 2.15. The number of hydrogen-bond acceptors (Lipinski definition) is 1. The largest absolute Gasteiger partial charge is 0.497 e. The van der Waals surface area contributed by atoms with E-state index >= 15 is 0 Å². The average molecular weight is 441 g/mol. The van der Waals surface area contributed by atoms with Crippen LogP contribution < -0.4 is 25.9 Å². The Morgan fingerprint density at radius 2 is 1.28 bits per heavy atom. The summed E-state index contributed by atoms with van der Waals surface area (Å²) in [4.78, 5) is 0. The van der Waals surface area contributed by atoms with Crippen molar-refractivity contribution in [3.05, 3.63) is 96.1 Å². The molecule has 0 amide bonds. The fourth-order valence-electron chi connectivity index (χ4n) is 3.23. The molecule has 0 unspecified atom stereocenters. The van der Waals surface area contributed by atoms with Gasteiger partial charge in [0.2, 0.25) is 0 Å². The summed E-state index contributed by atoms with van der Waals surface area (Å²) in [6.07, 6.45) is 4.50. The van der Waals surface area contributed by atoms with Crippen LogP contribution in [0.5, 0.6) is 5.75 Å². The van der Waals surface area contributed by atoms with Crippen molar-refractivity contribution >= 4 is 0 Å². The summed E-state index contributed by atoms with van der Waals surface area (Å²) < 4.78 is 8.32. The number of benzene rings is 3. The first-order chi connectivity index (χ1) is 12.3. The molecule has 0 aliphatic heterocycles. The normalized spacial score (nSPS) is 13.3. The van der Waals surface area contributed by atoms with Crippen LogP contribution in [0.1, 0.15) is 22.3 Å². The van der Waals surface area contributed by atoms with Crippen molar-refractivity contribution in [3.8, 4) is 5.75 Å². The molecule has 0 aromatic heterocycles. The molecule has 0 saturated carbocycles. The second-order valence-corrected chi connectivity index (χ2v) is 9.44. The Kier molecular flexibility index (Phi) is 5.07. The maximum absolute atomic E-state index is 5.29. The molecule has 1 nitrogen and oxygen atoms in total. The van der Waals surface area contributed by atoms with Gasteiger partial charge >= 0.3 is 21.2 Å². The first-order valence-electron chi connectivity index (χ1n) is 8.79. The van der Waals surface area contributed by atoms with Gasteiger partial charge in [0.05, 0.1) is 7.11 Å². The van der Waals surface area contributed by atoms with Gasteiger partial charge < -0.3 is 4.74 Å². The summed E-state index contributed by atoms with van der Waals surface area (Å²) in [6, 6.07) is 25.0. The number of halogens is 1. The maximum atomic E-state index is 5.29. The number of hydrogen-bond donors (Lipinski definition) is 0. The number of aryl methyl sites for hydroxylation is 4. The number of ether oxygens (including phenoxy) is 1. The smallest absolute Gasteiger partial charge is 0.358 e. The van der Waals surface area contributed by atoms with Crippen LogP contribution in [0.4, 0.5) is 0 Å². The molecule has 3 aromatic carbocycles. The standard InChI is InChI=1S/C23H22IO/c1-25-22-14-12-21(13-15-22)24-23-16-19-7-6-17-2-4-18(5-3-17)8-10-20(23)11-9-19/h2-5,9,11-16H,6-8,10H2,1H3/q+1. The van der Waals surface area contributed by atoms with Gasteiger partial charge in [-0.15, -0.1) is 0 Å². The highest BCUT2D eigenvalue weighted by molar-refractivity contribution is 5.29. The zero-order chi connectivity index (χ0) is 17.1. The van der Waals surface area contributed by atoms with E-state index in [2.05, 4.69) is 66.7 Å². The minimum absolute atomic E-state index is 0.159. The molecule has 0 radical (unpaired) electrons. The predicted molar refractivity (Wildman–Crippen MR) is 98.1 cm³/mol. The Hall–Kier alpha value is -1.81. The van der Waals surface area contributed by atoms with Crippen LogP contribution in [-0.2, 0) is 25.7 Å². The molecule has 0 spiro atoms. The van der Waals surface area contributed by atoms with Crippen molar-refractivity contribution in [1.29, 1.82) is 0 Å². The van der Waals surface area contributed by atoms with Crippen molar-refractivity contribution in [1.82, 2.24) is 0 Å². The van der Waals surface area contributed by atoms with Crippen LogP contribution in [0.15, 0.2) is 66.7 Å². The van der Waals surface area contributed by atoms with E-state index in [1.807, 2.05) is 0 Å². The Bertz CT molecular complexity index is 850. The molecule has 0 atom stereocenters. The molecule has 7 rings (SSSR count). The molecule has 4 aliphatic carbocycles. The molecule has 3 aromatic rings. The lowest BCUT2D eigenvalue weighted by Crippen LogP contribution is -3.61. The molecule has 126 valence electrons. The van der Waals surface area contributed by atoms with Crippen LogP contribution in [0.2, 0.25) is 0 Å². The Labute approximate surface area is 160 Å². The van der Waals surface area contributed by atoms with Gasteiger partial charge in [0.1, 0.15) is 5.75 Å². The SMILES string of the molecule is COc1ccc([I+]c2cc3ccc2CCc2ccc(cc2)CC3)cc1. The summed E-state index contributed by atoms with van der Waals surface area (Å²) in [5, 5.41) is 0. The van der Waals surface area contributed by atoms with Crippen LogP contribution in [0.3, 0.4) is 0 Å². The monoisotopic (exact) mass is 441 g/mol. The highest BCUT2D eigenvalue weighted by atomic mass is 127. The van der Waals surface area contributed by atoms with Gasteiger partial charge in [-0.2, -0.15) is 0 Å². The molecular weight excluding hydrogens is 419 g/mol. The van der Waals surface area contributed by atoms with Gasteiger partial charge in [-0.3, -0.25) is 0 Å².